The number of carbonyl (C=O) groups is 1. The summed E-state index contributed by atoms with van der Waals surface area (Å²) < 4.78 is 5.85. The lowest BCUT2D eigenvalue weighted by molar-refractivity contribution is 0.0954. The van der Waals surface area contributed by atoms with Crippen LogP contribution in [0.1, 0.15) is 33.4 Å². The molecule has 118 valence electrons. The molecule has 0 spiro atoms. The second-order valence-corrected chi connectivity index (χ2v) is 5.89. The van der Waals surface area contributed by atoms with Gasteiger partial charge in [0.25, 0.3) is 5.91 Å². The monoisotopic (exact) mass is 327 g/mol. The highest BCUT2D eigenvalue weighted by atomic mass is 32.1. The molecule has 0 aliphatic carbocycles. The van der Waals surface area contributed by atoms with E-state index < -0.39 is 0 Å². The molecule has 1 amide bonds. The molecule has 2 aromatic heterocycles. The summed E-state index contributed by atoms with van der Waals surface area (Å²) in [5.41, 5.74) is 3.00. The van der Waals surface area contributed by atoms with E-state index >= 15 is 0 Å². The van der Waals surface area contributed by atoms with Crippen LogP contribution in [0.4, 0.5) is 0 Å². The van der Waals surface area contributed by atoms with E-state index in [1.165, 1.54) is 5.56 Å². The van der Waals surface area contributed by atoms with Crippen LogP contribution >= 0.6 is 11.5 Å². The summed E-state index contributed by atoms with van der Waals surface area (Å²) in [6, 6.07) is 8.18. The fourth-order valence-electron chi connectivity index (χ4n) is 2.23. The van der Waals surface area contributed by atoms with E-state index in [4.69, 9.17) is 0 Å². The predicted molar refractivity (Wildman–Crippen MR) is 88.2 cm³/mol. The molecule has 23 heavy (non-hydrogen) atoms. The highest BCUT2D eigenvalue weighted by Gasteiger charge is 2.14. The van der Waals surface area contributed by atoms with Gasteiger partial charge in [0, 0.05) is 25.5 Å². The highest BCUT2D eigenvalue weighted by Crippen LogP contribution is 2.11. The van der Waals surface area contributed by atoms with E-state index in [1.54, 1.807) is 12.5 Å². The van der Waals surface area contributed by atoms with Gasteiger partial charge in [0.15, 0.2) is 0 Å². The highest BCUT2D eigenvalue weighted by molar-refractivity contribution is 7.08. The van der Waals surface area contributed by atoms with Gasteiger partial charge in [0.1, 0.15) is 4.88 Å². The topological polar surface area (TPSA) is 72.7 Å². The van der Waals surface area contributed by atoms with Crippen molar-refractivity contribution in [2.45, 2.75) is 26.4 Å². The van der Waals surface area contributed by atoms with Gasteiger partial charge in [0.05, 0.1) is 12.0 Å². The normalized spacial score (nSPS) is 10.7. The Balaban J connectivity index is 1.57. The zero-order valence-corrected chi connectivity index (χ0v) is 13.6. The fourth-order valence-corrected chi connectivity index (χ4v) is 2.90. The Labute approximate surface area is 138 Å². The lowest BCUT2D eigenvalue weighted by Crippen LogP contribution is -2.22. The molecule has 0 aliphatic rings. The molecule has 0 bridgehead atoms. The minimum atomic E-state index is -0.112. The number of aromatic nitrogens is 4. The Bertz CT molecular complexity index is 764. The van der Waals surface area contributed by atoms with Crippen LogP contribution in [-0.2, 0) is 19.5 Å². The number of imidazole rings is 1. The van der Waals surface area contributed by atoms with Crippen molar-refractivity contribution in [1.29, 1.82) is 0 Å². The first-order valence-electron chi connectivity index (χ1n) is 7.39. The standard InChI is InChI=1S/C16H17N5OS/c1-2-14-15(23-20-19-14)16(22)18-9-12-3-5-13(6-4-12)10-21-8-7-17-11-21/h3-8,11H,2,9-10H2,1H3,(H,18,22). The van der Waals surface area contributed by atoms with E-state index in [-0.39, 0.29) is 5.91 Å². The van der Waals surface area contributed by atoms with Gasteiger partial charge in [0.2, 0.25) is 0 Å². The second kappa shape index (κ2) is 7.15. The van der Waals surface area contributed by atoms with Gasteiger partial charge < -0.3 is 9.88 Å². The number of carbonyl (C=O) groups excluding carboxylic acids is 1. The van der Waals surface area contributed by atoms with Crippen LogP contribution in [0.2, 0.25) is 0 Å². The van der Waals surface area contributed by atoms with Crippen LogP contribution in [0.3, 0.4) is 0 Å². The first-order chi connectivity index (χ1) is 11.3. The third-order valence-corrected chi connectivity index (χ3v) is 4.26. The molecule has 1 N–H and O–H groups in total. The molecule has 6 nitrogen and oxygen atoms in total. The first-order valence-corrected chi connectivity index (χ1v) is 8.16. The molecule has 0 atom stereocenters. The average molecular weight is 327 g/mol. The van der Waals surface area contributed by atoms with Crippen LogP contribution < -0.4 is 5.32 Å². The van der Waals surface area contributed by atoms with E-state index in [9.17, 15) is 4.79 Å². The summed E-state index contributed by atoms with van der Waals surface area (Å²) >= 11 is 1.14. The van der Waals surface area contributed by atoms with Gasteiger partial charge >= 0.3 is 0 Å². The lowest BCUT2D eigenvalue weighted by Gasteiger charge is -2.06. The molecular weight excluding hydrogens is 310 g/mol. The minimum Gasteiger partial charge on any atom is -0.347 e. The summed E-state index contributed by atoms with van der Waals surface area (Å²) in [7, 11) is 0. The van der Waals surface area contributed by atoms with Crippen molar-refractivity contribution >= 4 is 17.4 Å². The van der Waals surface area contributed by atoms with Crippen molar-refractivity contribution in [3.05, 3.63) is 64.7 Å². The van der Waals surface area contributed by atoms with Crippen LogP contribution in [0.25, 0.3) is 0 Å². The van der Waals surface area contributed by atoms with Crippen molar-refractivity contribution in [2.24, 2.45) is 0 Å². The third-order valence-electron chi connectivity index (χ3n) is 3.50. The molecule has 3 aromatic rings. The first kappa shape index (κ1) is 15.4. The number of hydrogen-bond donors (Lipinski definition) is 1. The van der Waals surface area contributed by atoms with Crippen molar-refractivity contribution in [1.82, 2.24) is 24.5 Å². The van der Waals surface area contributed by atoms with Gasteiger partial charge in [-0.25, -0.2) is 4.98 Å². The van der Waals surface area contributed by atoms with E-state index in [1.807, 2.05) is 29.8 Å². The number of rotatable bonds is 6. The maximum Gasteiger partial charge on any atom is 0.265 e. The summed E-state index contributed by atoms with van der Waals surface area (Å²) in [6.07, 6.45) is 6.20. The SMILES string of the molecule is CCc1nnsc1C(=O)NCc1ccc(Cn2ccnc2)cc1. The molecule has 0 fully saturated rings. The Morgan fingerprint density at radius 1 is 1.26 bits per heavy atom. The molecule has 2 heterocycles. The maximum atomic E-state index is 12.1. The average Bonchev–Trinajstić information content (AvgIpc) is 3.25. The van der Waals surface area contributed by atoms with Crippen LogP contribution in [0, 0.1) is 0 Å². The van der Waals surface area contributed by atoms with E-state index in [0.29, 0.717) is 17.8 Å². The Hall–Kier alpha value is -2.54. The predicted octanol–water partition coefficient (Wildman–Crippen LogP) is 2.28. The van der Waals surface area contributed by atoms with Crippen LogP contribution in [0.5, 0.6) is 0 Å². The number of benzene rings is 1. The minimum absolute atomic E-state index is 0.112. The quantitative estimate of drug-likeness (QED) is 0.754. The number of nitrogens with one attached hydrogen (secondary N) is 1. The molecule has 1 aromatic carbocycles. The van der Waals surface area contributed by atoms with Crippen LogP contribution in [-0.4, -0.2) is 25.0 Å². The van der Waals surface area contributed by atoms with Gasteiger partial charge in [-0.3, -0.25) is 4.79 Å². The molecular formula is C16H17N5OS. The molecule has 0 unspecified atom stereocenters. The largest absolute Gasteiger partial charge is 0.347 e. The number of nitrogens with zero attached hydrogens (tertiary/aromatic N) is 4. The summed E-state index contributed by atoms with van der Waals surface area (Å²) in [6.45, 7) is 3.25. The molecule has 0 saturated heterocycles. The smallest absolute Gasteiger partial charge is 0.265 e. The fraction of sp³-hybridized carbons (Fsp3) is 0.250. The van der Waals surface area contributed by atoms with Crippen molar-refractivity contribution in [2.75, 3.05) is 0 Å². The number of amides is 1. The lowest BCUT2D eigenvalue weighted by atomic mass is 10.1. The van der Waals surface area contributed by atoms with Gasteiger partial charge in [-0.05, 0) is 29.1 Å². The number of hydrogen-bond acceptors (Lipinski definition) is 5. The maximum absolute atomic E-state index is 12.1. The third kappa shape index (κ3) is 3.81. The molecule has 0 aliphatic heterocycles. The van der Waals surface area contributed by atoms with Gasteiger partial charge in [-0.15, -0.1) is 5.10 Å². The van der Waals surface area contributed by atoms with Crippen molar-refractivity contribution in [3.63, 3.8) is 0 Å². The van der Waals surface area contributed by atoms with Crippen LogP contribution in [0.15, 0.2) is 43.0 Å². The molecule has 0 radical (unpaired) electrons. The Kier molecular flexibility index (Phi) is 4.77. The van der Waals surface area contributed by atoms with E-state index in [2.05, 4.69) is 32.0 Å². The Morgan fingerprint density at radius 3 is 2.74 bits per heavy atom. The molecule has 7 heteroatoms. The van der Waals surface area contributed by atoms with E-state index in [0.717, 1.165) is 29.3 Å². The van der Waals surface area contributed by atoms with Crippen molar-refractivity contribution in [3.8, 4) is 0 Å². The van der Waals surface area contributed by atoms with Gasteiger partial charge in [-0.1, -0.05) is 35.7 Å². The van der Waals surface area contributed by atoms with Crippen molar-refractivity contribution < 1.29 is 4.79 Å². The molecule has 0 saturated carbocycles. The Morgan fingerprint density at radius 2 is 2.04 bits per heavy atom. The number of aryl methyl sites for hydroxylation is 1. The molecule has 3 rings (SSSR count). The van der Waals surface area contributed by atoms with Gasteiger partial charge in [-0.2, -0.15) is 0 Å². The summed E-state index contributed by atoms with van der Waals surface area (Å²) in [5.74, 6) is -0.112. The zero-order valence-electron chi connectivity index (χ0n) is 12.8. The second-order valence-electron chi connectivity index (χ2n) is 5.14. The summed E-state index contributed by atoms with van der Waals surface area (Å²) in [4.78, 5) is 16.8. The zero-order chi connectivity index (χ0) is 16.1. The summed E-state index contributed by atoms with van der Waals surface area (Å²) in [5, 5.41) is 6.88.